The third-order valence-corrected chi connectivity index (χ3v) is 6.84. The number of thiophene rings is 1. The van der Waals surface area contributed by atoms with Crippen molar-refractivity contribution in [2.24, 2.45) is 11.0 Å². The topological polar surface area (TPSA) is 76.3 Å². The van der Waals surface area contributed by atoms with Gasteiger partial charge >= 0.3 is 0 Å². The molecule has 1 unspecified atom stereocenters. The third-order valence-electron chi connectivity index (χ3n) is 4.94. The van der Waals surface area contributed by atoms with Gasteiger partial charge in [0.25, 0.3) is 11.5 Å². The fourth-order valence-corrected chi connectivity index (χ4v) is 5.09. The number of nitrogens with one attached hydrogen (secondary N) is 1. The van der Waals surface area contributed by atoms with E-state index >= 15 is 0 Å². The van der Waals surface area contributed by atoms with Crippen LogP contribution in [0.3, 0.4) is 0 Å². The van der Waals surface area contributed by atoms with E-state index in [1.807, 2.05) is 0 Å². The summed E-state index contributed by atoms with van der Waals surface area (Å²) in [5.41, 5.74) is 4.04. The van der Waals surface area contributed by atoms with E-state index < -0.39 is 5.91 Å². The first kappa shape index (κ1) is 20.1. The molecular formula is C20H18Cl2N4O2S. The monoisotopic (exact) mass is 448 g/mol. The van der Waals surface area contributed by atoms with Crippen molar-refractivity contribution in [2.45, 2.75) is 32.7 Å². The van der Waals surface area contributed by atoms with E-state index in [0.717, 1.165) is 29.7 Å². The van der Waals surface area contributed by atoms with E-state index in [0.29, 0.717) is 26.9 Å². The second kappa shape index (κ2) is 8.26. The molecule has 0 spiro atoms. The Kier molecular flexibility index (Phi) is 5.72. The van der Waals surface area contributed by atoms with Gasteiger partial charge in [-0.05, 0) is 48.4 Å². The standard InChI is InChI=1S/C20H18Cl2N4O2S/c1-11-2-4-13-16(6-11)29-19-18(13)20(28)26(10-23-19)9-17(27)25-24-8-12-3-5-14(21)15(22)7-12/h3,5,7-8,10-11H,2,4,6,9H2,1H3,(H,25,27)/b24-8+. The molecule has 0 saturated heterocycles. The molecule has 0 aliphatic heterocycles. The van der Waals surface area contributed by atoms with Gasteiger partial charge in [0.15, 0.2) is 0 Å². The number of amides is 1. The maximum Gasteiger partial charge on any atom is 0.262 e. The van der Waals surface area contributed by atoms with Gasteiger partial charge in [0.2, 0.25) is 0 Å². The van der Waals surface area contributed by atoms with Crippen LogP contribution in [0.4, 0.5) is 0 Å². The molecule has 4 rings (SSSR count). The summed E-state index contributed by atoms with van der Waals surface area (Å²) in [6.45, 7) is 2.07. The van der Waals surface area contributed by atoms with Crippen molar-refractivity contribution in [2.75, 3.05) is 0 Å². The second-order valence-corrected chi connectivity index (χ2v) is 9.07. The smallest absolute Gasteiger partial charge is 0.262 e. The summed E-state index contributed by atoms with van der Waals surface area (Å²) in [5.74, 6) is 0.208. The van der Waals surface area contributed by atoms with Gasteiger partial charge < -0.3 is 0 Å². The molecule has 0 fully saturated rings. The number of hydrogen-bond acceptors (Lipinski definition) is 5. The van der Waals surface area contributed by atoms with Crippen LogP contribution in [0.1, 0.15) is 29.3 Å². The molecule has 1 atom stereocenters. The minimum atomic E-state index is -0.415. The Labute approximate surface area is 181 Å². The summed E-state index contributed by atoms with van der Waals surface area (Å²) in [4.78, 5) is 31.6. The Morgan fingerprint density at radius 2 is 2.24 bits per heavy atom. The molecule has 1 aliphatic carbocycles. The predicted octanol–water partition coefficient (Wildman–Crippen LogP) is 4.04. The van der Waals surface area contributed by atoms with Crippen LogP contribution < -0.4 is 11.0 Å². The number of rotatable bonds is 4. The highest BCUT2D eigenvalue weighted by Crippen LogP contribution is 2.35. The molecule has 2 aromatic heterocycles. The van der Waals surface area contributed by atoms with Crippen LogP contribution in [0.5, 0.6) is 0 Å². The lowest BCUT2D eigenvalue weighted by Crippen LogP contribution is -2.30. The minimum absolute atomic E-state index is 0.151. The Morgan fingerprint density at radius 3 is 3.03 bits per heavy atom. The highest BCUT2D eigenvalue weighted by atomic mass is 35.5. The molecule has 29 heavy (non-hydrogen) atoms. The zero-order chi connectivity index (χ0) is 20.5. The maximum atomic E-state index is 12.9. The zero-order valence-corrected chi connectivity index (χ0v) is 17.9. The summed E-state index contributed by atoms with van der Waals surface area (Å²) in [6.07, 6.45) is 5.83. The van der Waals surface area contributed by atoms with Crippen molar-refractivity contribution in [1.82, 2.24) is 15.0 Å². The lowest BCUT2D eigenvalue weighted by atomic mass is 9.89. The van der Waals surface area contributed by atoms with E-state index in [9.17, 15) is 9.59 Å². The normalized spacial score (nSPS) is 16.3. The van der Waals surface area contributed by atoms with Crippen LogP contribution in [-0.4, -0.2) is 21.7 Å². The molecule has 0 bridgehead atoms. The number of nitrogens with zero attached hydrogens (tertiary/aromatic N) is 3. The average molecular weight is 449 g/mol. The van der Waals surface area contributed by atoms with E-state index in [2.05, 4.69) is 22.4 Å². The highest BCUT2D eigenvalue weighted by Gasteiger charge is 2.23. The van der Waals surface area contributed by atoms with Crippen molar-refractivity contribution < 1.29 is 4.79 Å². The number of hydrogen-bond donors (Lipinski definition) is 1. The molecule has 6 nitrogen and oxygen atoms in total. The molecule has 1 N–H and O–H groups in total. The Hall–Kier alpha value is -2.22. The van der Waals surface area contributed by atoms with E-state index in [4.69, 9.17) is 23.2 Å². The lowest BCUT2D eigenvalue weighted by molar-refractivity contribution is -0.121. The summed E-state index contributed by atoms with van der Waals surface area (Å²) in [7, 11) is 0. The first-order chi connectivity index (χ1) is 13.9. The number of carbonyl (C=O) groups is 1. The SMILES string of the molecule is CC1CCc2c(sc3ncn(CC(=O)N/N=C/c4ccc(Cl)c(Cl)c4)c(=O)c23)C1. The third kappa shape index (κ3) is 4.22. The number of halogens is 2. The molecule has 0 saturated carbocycles. The Balaban J connectivity index is 1.49. The van der Waals surface area contributed by atoms with Gasteiger partial charge in [-0.25, -0.2) is 10.4 Å². The van der Waals surface area contributed by atoms with E-state index in [-0.39, 0.29) is 12.1 Å². The first-order valence-corrected chi connectivity index (χ1v) is 10.8. The predicted molar refractivity (Wildman–Crippen MR) is 117 cm³/mol. The maximum absolute atomic E-state index is 12.9. The minimum Gasteiger partial charge on any atom is -0.289 e. The molecule has 2 heterocycles. The molecule has 1 amide bonds. The van der Waals surface area contributed by atoms with Crippen molar-refractivity contribution in [3.63, 3.8) is 0 Å². The zero-order valence-electron chi connectivity index (χ0n) is 15.6. The van der Waals surface area contributed by atoms with Gasteiger partial charge in [0.05, 0.1) is 28.0 Å². The molecule has 0 radical (unpaired) electrons. The largest absolute Gasteiger partial charge is 0.289 e. The summed E-state index contributed by atoms with van der Waals surface area (Å²) in [6, 6.07) is 5.02. The molecule has 150 valence electrons. The summed E-state index contributed by atoms with van der Waals surface area (Å²) in [5, 5.41) is 5.42. The molecular weight excluding hydrogens is 431 g/mol. The van der Waals surface area contributed by atoms with Crippen LogP contribution in [0.2, 0.25) is 10.0 Å². The molecule has 3 aromatic rings. The fraction of sp³-hybridized carbons (Fsp3) is 0.300. The van der Waals surface area contributed by atoms with Crippen molar-refractivity contribution >= 4 is 56.9 Å². The van der Waals surface area contributed by atoms with Gasteiger partial charge in [0, 0.05) is 4.88 Å². The lowest BCUT2D eigenvalue weighted by Gasteiger charge is -2.17. The van der Waals surface area contributed by atoms with Gasteiger partial charge in [-0.2, -0.15) is 5.10 Å². The van der Waals surface area contributed by atoms with Crippen molar-refractivity contribution in [3.05, 3.63) is 60.9 Å². The number of aromatic nitrogens is 2. The number of carbonyl (C=O) groups excluding carboxylic acids is 1. The van der Waals surface area contributed by atoms with Crippen molar-refractivity contribution in [3.8, 4) is 0 Å². The number of hydrazone groups is 1. The van der Waals surface area contributed by atoms with E-state index in [1.165, 1.54) is 22.0 Å². The first-order valence-electron chi connectivity index (χ1n) is 9.19. The number of benzene rings is 1. The van der Waals surface area contributed by atoms with Crippen molar-refractivity contribution in [1.29, 1.82) is 0 Å². The van der Waals surface area contributed by atoms with Crippen LogP contribution in [0.15, 0.2) is 34.4 Å². The summed E-state index contributed by atoms with van der Waals surface area (Å²) < 4.78 is 1.33. The second-order valence-electron chi connectivity index (χ2n) is 7.18. The van der Waals surface area contributed by atoms with E-state index in [1.54, 1.807) is 29.5 Å². The average Bonchev–Trinajstić information content (AvgIpc) is 3.05. The quantitative estimate of drug-likeness (QED) is 0.483. The fourth-order valence-electron chi connectivity index (χ4n) is 3.44. The van der Waals surface area contributed by atoms with Crippen LogP contribution in [-0.2, 0) is 24.2 Å². The van der Waals surface area contributed by atoms with Gasteiger partial charge in [-0.3, -0.25) is 14.2 Å². The van der Waals surface area contributed by atoms with Gasteiger partial charge in [-0.15, -0.1) is 11.3 Å². The molecule has 1 aliphatic rings. The number of aryl methyl sites for hydroxylation is 1. The van der Waals surface area contributed by atoms with Gasteiger partial charge in [-0.1, -0.05) is 36.2 Å². The van der Waals surface area contributed by atoms with Crippen LogP contribution >= 0.6 is 34.5 Å². The highest BCUT2D eigenvalue weighted by molar-refractivity contribution is 7.18. The Bertz CT molecular complexity index is 1190. The van der Waals surface area contributed by atoms with Crippen LogP contribution in [0.25, 0.3) is 10.2 Å². The molecule has 9 heteroatoms. The number of fused-ring (bicyclic) bond motifs is 3. The molecule has 1 aromatic carbocycles. The Morgan fingerprint density at radius 1 is 1.41 bits per heavy atom. The summed E-state index contributed by atoms with van der Waals surface area (Å²) >= 11 is 13.4. The van der Waals surface area contributed by atoms with Gasteiger partial charge in [0.1, 0.15) is 11.4 Å². The van der Waals surface area contributed by atoms with Crippen LogP contribution in [0, 0.1) is 5.92 Å².